The first-order chi connectivity index (χ1) is 8.74. The largest absolute Gasteiger partial charge is 0.363 e. The van der Waals surface area contributed by atoms with Gasteiger partial charge >= 0.3 is 0 Å². The summed E-state index contributed by atoms with van der Waals surface area (Å²) in [6.07, 6.45) is 4.15. The van der Waals surface area contributed by atoms with Crippen molar-refractivity contribution in [2.45, 2.75) is 32.2 Å². The van der Waals surface area contributed by atoms with Gasteiger partial charge < -0.3 is 5.32 Å². The Morgan fingerprint density at radius 3 is 2.94 bits per heavy atom. The topological polar surface area (TPSA) is 50.7 Å². The maximum atomic E-state index is 6.15. The van der Waals surface area contributed by atoms with Gasteiger partial charge in [0.05, 0.1) is 6.54 Å². The molecule has 2 heterocycles. The molecule has 0 aliphatic heterocycles. The first-order valence-electron chi connectivity index (χ1n) is 5.90. The third kappa shape index (κ3) is 2.47. The van der Waals surface area contributed by atoms with E-state index in [1.807, 2.05) is 12.3 Å². The predicted molar refractivity (Wildman–Crippen MR) is 73.2 cm³/mol. The van der Waals surface area contributed by atoms with Crippen LogP contribution in [0.1, 0.15) is 35.2 Å². The van der Waals surface area contributed by atoms with Crippen LogP contribution in [0.3, 0.4) is 0 Å². The Kier molecular flexibility index (Phi) is 3.18. The Labute approximate surface area is 114 Å². The smallest absolute Gasteiger partial charge is 0.137 e. The minimum Gasteiger partial charge on any atom is -0.363 e. The van der Waals surface area contributed by atoms with Gasteiger partial charge in [-0.3, -0.25) is 0 Å². The Morgan fingerprint density at radius 2 is 2.28 bits per heavy atom. The Balaban J connectivity index is 1.81. The third-order valence-electron chi connectivity index (χ3n) is 2.94. The Morgan fingerprint density at radius 1 is 1.44 bits per heavy atom. The van der Waals surface area contributed by atoms with Crippen molar-refractivity contribution in [2.75, 3.05) is 5.32 Å². The molecular formula is C12H13ClN4S. The number of hydrogen-bond donors (Lipinski definition) is 1. The molecule has 1 N–H and O–H groups in total. The third-order valence-corrected chi connectivity index (χ3v) is 4.08. The highest BCUT2D eigenvalue weighted by atomic mass is 35.5. The second-order valence-electron chi connectivity index (χ2n) is 4.40. The van der Waals surface area contributed by atoms with Gasteiger partial charge in [-0.05, 0) is 19.8 Å². The van der Waals surface area contributed by atoms with Gasteiger partial charge in [-0.25, -0.2) is 15.0 Å². The standard InChI is InChI=1S/C12H13ClN4S/c1-7-10(13)16-12(8-2-3-8)17-11(7)15-6-9-14-4-5-18-9/h4-5,8H,2-3,6H2,1H3,(H,15,16,17). The predicted octanol–water partition coefficient (Wildman–Crippen LogP) is 3.38. The Bertz CT molecular complexity index is 551. The summed E-state index contributed by atoms with van der Waals surface area (Å²) in [5, 5.41) is 6.84. The second-order valence-corrected chi connectivity index (χ2v) is 5.74. The average molecular weight is 281 g/mol. The van der Waals surface area contributed by atoms with Crippen molar-refractivity contribution in [3.8, 4) is 0 Å². The summed E-state index contributed by atoms with van der Waals surface area (Å²) in [7, 11) is 0. The Hall–Kier alpha value is -1.20. The van der Waals surface area contributed by atoms with Gasteiger partial charge in [0.1, 0.15) is 21.8 Å². The fourth-order valence-corrected chi connectivity index (χ4v) is 2.43. The molecule has 1 fully saturated rings. The zero-order valence-corrected chi connectivity index (χ0v) is 11.6. The fourth-order valence-electron chi connectivity index (χ4n) is 1.70. The number of halogens is 1. The summed E-state index contributed by atoms with van der Waals surface area (Å²) < 4.78 is 0. The number of anilines is 1. The van der Waals surface area contributed by atoms with E-state index in [0.29, 0.717) is 17.6 Å². The zero-order chi connectivity index (χ0) is 12.5. The molecule has 0 spiro atoms. The molecule has 0 bridgehead atoms. The van der Waals surface area contributed by atoms with Crippen molar-refractivity contribution in [1.29, 1.82) is 0 Å². The van der Waals surface area contributed by atoms with Crippen LogP contribution in [-0.2, 0) is 6.54 Å². The van der Waals surface area contributed by atoms with Gasteiger partial charge in [-0.2, -0.15) is 0 Å². The molecule has 18 heavy (non-hydrogen) atoms. The molecule has 0 radical (unpaired) electrons. The van der Waals surface area contributed by atoms with Crippen molar-refractivity contribution in [3.05, 3.63) is 33.1 Å². The summed E-state index contributed by atoms with van der Waals surface area (Å²) in [6.45, 7) is 2.61. The van der Waals surface area contributed by atoms with E-state index in [1.54, 1.807) is 17.5 Å². The molecule has 0 saturated heterocycles. The van der Waals surface area contributed by atoms with Crippen LogP contribution in [0.2, 0.25) is 5.15 Å². The highest BCUT2D eigenvalue weighted by Gasteiger charge is 2.27. The van der Waals surface area contributed by atoms with E-state index in [0.717, 1.165) is 22.2 Å². The van der Waals surface area contributed by atoms with Gasteiger partial charge in [0, 0.05) is 23.1 Å². The molecule has 2 aromatic heterocycles. The fraction of sp³-hybridized carbons (Fsp3) is 0.417. The molecule has 6 heteroatoms. The average Bonchev–Trinajstić information content (AvgIpc) is 3.08. The van der Waals surface area contributed by atoms with E-state index in [1.165, 1.54) is 12.8 Å². The van der Waals surface area contributed by atoms with Crippen LogP contribution in [0.4, 0.5) is 5.82 Å². The van der Waals surface area contributed by atoms with Crippen molar-refractivity contribution >= 4 is 28.8 Å². The molecule has 0 atom stereocenters. The van der Waals surface area contributed by atoms with Gasteiger partial charge in [-0.1, -0.05) is 11.6 Å². The minimum absolute atomic E-state index is 0.503. The van der Waals surface area contributed by atoms with Crippen LogP contribution in [0.5, 0.6) is 0 Å². The van der Waals surface area contributed by atoms with Gasteiger partial charge in [0.25, 0.3) is 0 Å². The normalized spacial score (nSPS) is 14.8. The number of hydrogen-bond acceptors (Lipinski definition) is 5. The molecule has 1 aliphatic rings. The number of nitrogens with one attached hydrogen (secondary N) is 1. The molecule has 0 aromatic carbocycles. The van der Waals surface area contributed by atoms with E-state index in [2.05, 4.69) is 20.3 Å². The lowest BCUT2D eigenvalue weighted by Crippen LogP contribution is -2.06. The van der Waals surface area contributed by atoms with Crippen LogP contribution >= 0.6 is 22.9 Å². The van der Waals surface area contributed by atoms with Crippen molar-refractivity contribution in [3.63, 3.8) is 0 Å². The summed E-state index contributed by atoms with van der Waals surface area (Å²) in [5.41, 5.74) is 0.901. The van der Waals surface area contributed by atoms with Crippen LogP contribution in [0.15, 0.2) is 11.6 Å². The van der Waals surface area contributed by atoms with Crippen LogP contribution < -0.4 is 5.32 Å². The maximum Gasteiger partial charge on any atom is 0.137 e. The van der Waals surface area contributed by atoms with E-state index in [4.69, 9.17) is 11.6 Å². The molecule has 1 aliphatic carbocycles. The molecule has 4 nitrogen and oxygen atoms in total. The molecule has 2 aromatic rings. The highest BCUT2D eigenvalue weighted by Crippen LogP contribution is 2.39. The summed E-state index contributed by atoms with van der Waals surface area (Å²) >= 11 is 7.77. The summed E-state index contributed by atoms with van der Waals surface area (Å²) in [4.78, 5) is 13.1. The first kappa shape index (κ1) is 11.9. The number of nitrogens with zero attached hydrogens (tertiary/aromatic N) is 3. The van der Waals surface area contributed by atoms with E-state index in [9.17, 15) is 0 Å². The van der Waals surface area contributed by atoms with Gasteiger partial charge in [0.2, 0.25) is 0 Å². The number of thiazole rings is 1. The molecule has 0 amide bonds. The quantitative estimate of drug-likeness (QED) is 0.872. The monoisotopic (exact) mass is 280 g/mol. The minimum atomic E-state index is 0.503. The summed E-state index contributed by atoms with van der Waals surface area (Å²) in [5.74, 6) is 2.20. The van der Waals surface area contributed by atoms with E-state index in [-0.39, 0.29) is 0 Å². The molecule has 0 unspecified atom stereocenters. The van der Waals surface area contributed by atoms with Gasteiger partial charge in [-0.15, -0.1) is 11.3 Å². The first-order valence-corrected chi connectivity index (χ1v) is 7.16. The lowest BCUT2D eigenvalue weighted by Gasteiger charge is -2.10. The van der Waals surface area contributed by atoms with Crippen molar-refractivity contribution in [1.82, 2.24) is 15.0 Å². The van der Waals surface area contributed by atoms with Crippen LogP contribution in [0, 0.1) is 6.92 Å². The number of rotatable bonds is 4. The van der Waals surface area contributed by atoms with Crippen LogP contribution in [0.25, 0.3) is 0 Å². The molecule has 94 valence electrons. The second kappa shape index (κ2) is 4.82. The molecular weight excluding hydrogens is 268 g/mol. The molecule has 3 rings (SSSR count). The van der Waals surface area contributed by atoms with Gasteiger partial charge in [0.15, 0.2) is 0 Å². The highest BCUT2D eigenvalue weighted by molar-refractivity contribution is 7.09. The van der Waals surface area contributed by atoms with Crippen molar-refractivity contribution < 1.29 is 0 Å². The maximum absolute atomic E-state index is 6.15. The summed E-state index contributed by atoms with van der Waals surface area (Å²) in [6, 6.07) is 0. The van der Waals surface area contributed by atoms with E-state index < -0.39 is 0 Å². The molecule has 1 saturated carbocycles. The van der Waals surface area contributed by atoms with E-state index >= 15 is 0 Å². The zero-order valence-electron chi connectivity index (χ0n) is 9.98. The number of aromatic nitrogens is 3. The van der Waals surface area contributed by atoms with Crippen LogP contribution in [-0.4, -0.2) is 15.0 Å². The lowest BCUT2D eigenvalue weighted by molar-refractivity contribution is 0.910. The lowest BCUT2D eigenvalue weighted by atomic mass is 10.3. The van der Waals surface area contributed by atoms with Crippen molar-refractivity contribution in [2.24, 2.45) is 0 Å². The SMILES string of the molecule is Cc1c(Cl)nc(C2CC2)nc1NCc1nccs1.